The first-order valence-electron chi connectivity index (χ1n) is 6.40. The normalized spacial score (nSPS) is 12.6. The number of benzene rings is 1. The van der Waals surface area contributed by atoms with E-state index in [9.17, 15) is 8.78 Å². The van der Waals surface area contributed by atoms with E-state index in [4.69, 9.17) is 4.42 Å². The van der Waals surface area contributed by atoms with Crippen molar-refractivity contribution < 1.29 is 13.2 Å². The number of rotatable bonds is 6. The Kier molecular flexibility index (Phi) is 4.68. The molecular weight excluding hydrogens is 248 g/mol. The van der Waals surface area contributed by atoms with Gasteiger partial charge in [-0.05, 0) is 37.1 Å². The summed E-state index contributed by atoms with van der Waals surface area (Å²) in [7, 11) is 0. The van der Waals surface area contributed by atoms with Gasteiger partial charge in [-0.2, -0.15) is 0 Å². The van der Waals surface area contributed by atoms with Crippen LogP contribution in [0.3, 0.4) is 0 Å². The summed E-state index contributed by atoms with van der Waals surface area (Å²) in [5.41, 5.74) is 1.47. The van der Waals surface area contributed by atoms with Gasteiger partial charge in [-0.15, -0.1) is 0 Å². The van der Waals surface area contributed by atoms with E-state index in [0.29, 0.717) is 12.0 Å². The van der Waals surface area contributed by atoms with E-state index in [1.165, 1.54) is 12.1 Å². The van der Waals surface area contributed by atoms with E-state index in [1.54, 1.807) is 12.5 Å². The molecule has 1 aromatic heterocycles. The summed E-state index contributed by atoms with van der Waals surface area (Å²) in [6.45, 7) is 2.90. The fourth-order valence-electron chi connectivity index (χ4n) is 2.01. The Labute approximate surface area is 111 Å². The summed E-state index contributed by atoms with van der Waals surface area (Å²) >= 11 is 0. The van der Waals surface area contributed by atoms with Crippen molar-refractivity contribution in [3.8, 4) is 0 Å². The molecule has 2 rings (SSSR count). The zero-order valence-corrected chi connectivity index (χ0v) is 10.8. The van der Waals surface area contributed by atoms with E-state index >= 15 is 0 Å². The van der Waals surface area contributed by atoms with Gasteiger partial charge in [0.15, 0.2) is 0 Å². The number of nitrogens with one attached hydrogen (secondary N) is 1. The van der Waals surface area contributed by atoms with Crippen molar-refractivity contribution in [3.05, 3.63) is 59.6 Å². The monoisotopic (exact) mass is 265 g/mol. The van der Waals surface area contributed by atoms with Crippen LogP contribution in [0, 0.1) is 11.6 Å². The van der Waals surface area contributed by atoms with Crippen LogP contribution >= 0.6 is 0 Å². The lowest BCUT2D eigenvalue weighted by Crippen LogP contribution is -2.24. The second-order valence-electron chi connectivity index (χ2n) is 4.50. The fraction of sp³-hybridized carbons (Fsp3) is 0.333. The molecule has 0 amide bonds. The molecule has 4 heteroatoms. The maximum Gasteiger partial charge on any atom is 0.129 e. The Morgan fingerprint density at radius 1 is 1.26 bits per heavy atom. The van der Waals surface area contributed by atoms with Crippen molar-refractivity contribution in [1.29, 1.82) is 0 Å². The predicted molar refractivity (Wildman–Crippen MR) is 69.8 cm³/mol. The molecule has 0 spiro atoms. The smallest absolute Gasteiger partial charge is 0.129 e. The van der Waals surface area contributed by atoms with E-state index in [2.05, 4.69) is 12.2 Å². The summed E-state index contributed by atoms with van der Waals surface area (Å²) in [4.78, 5) is 0. The van der Waals surface area contributed by atoms with Crippen molar-refractivity contribution in [2.24, 2.45) is 0 Å². The lowest BCUT2D eigenvalue weighted by atomic mass is 10.0. The van der Waals surface area contributed by atoms with Crippen LogP contribution in [0.2, 0.25) is 0 Å². The molecule has 0 fully saturated rings. The minimum absolute atomic E-state index is 0.0290. The molecule has 0 bridgehead atoms. The third-order valence-electron chi connectivity index (χ3n) is 3.03. The molecule has 1 heterocycles. The highest BCUT2D eigenvalue weighted by molar-refractivity contribution is 5.23. The highest BCUT2D eigenvalue weighted by Crippen LogP contribution is 2.21. The van der Waals surface area contributed by atoms with Crippen LogP contribution in [0.15, 0.2) is 41.2 Å². The largest absolute Gasteiger partial charge is 0.472 e. The van der Waals surface area contributed by atoms with Crippen LogP contribution in [0.4, 0.5) is 8.78 Å². The number of furan rings is 1. The van der Waals surface area contributed by atoms with Gasteiger partial charge in [0.2, 0.25) is 0 Å². The second-order valence-corrected chi connectivity index (χ2v) is 4.50. The molecular formula is C15H17F2NO. The third-order valence-corrected chi connectivity index (χ3v) is 3.03. The van der Waals surface area contributed by atoms with Gasteiger partial charge in [-0.25, -0.2) is 8.78 Å². The van der Waals surface area contributed by atoms with Crippen molar-refractivity contribution >= 4 is 0 Å². The quantitative estimate of drug-likeness (QED) is 0.858. The molecule has 0 aliphatic rings. The second kappa shape index (κ2) is 6.48. The fourth-order valence-corrected chi connectivity index (χ4v) is 2.01. The maximum atomic E-state index is 13.7. The molecule has 0 aliphatic carbocycles. The molecule has 0 saturated carbocycles. The van der Waals surface area contributed by atoms with Crippen LogP contribution in [0.5, 0.6) is 0 Å². The molecule has 0 saturated heterocycles. The van der Waals surface area contributed by atoms with E-state index in [1.807, 2.05) is 6.07 Å². The topological polar surface area (TPSA) is 25.2 Å². The van der Waals surface area contributed by atoms with Crippen LogP contribution in [-0.2, 0) is 6.42 Å². The molecule has 102 valence electrons. The molecule has 1 atom stereocenters. The lowest BCUT2D eigenvalue weighted by molar-refractivity contribution is 0.498. The van der Waals surface area contributed by atoms with Crippen molar-refractivity contribution in [2.45, 2.75) is 25.8 Å². The molecule has 1 N–H and O–H groups in total. The number of hydrogen-bond donors (Lipinski definition) is 1. The van der Waals surface area contributed by atoms with Crippen LogP contribution < -0.4 is 5.32 Å². The summed E-state index contributed by atoms with van der Waals surface area (Å²) < 4.78 is 31.6. The van der Waals surface area contributed by atoms with E-state index < -0.39 is 11.6 Å². The minimum Gasteiger partial charge on any atom is -0.472 e. The number of halogens is 2. The Morgan fingerprint density at radius 2 is 2.11 bits per heavy atom. The summed E-state index contributed by atoms with van der Waals surface area (Å²) in [5.74, 6) is -1.06. The van der Waals surface area contributed by atoms with Crippen molar-refractivity contribution in [2.75, 3.05) is 6.54 Å². The van der Waals surface area contributed by atoms with Crippen LogP contribution in [-0.4, -0.2) is 6.54 Å². The zero-order chi connectivity index (χ0) is 13.7. The average Bonchev–Trinajstić information content (AvgIpc) is 2.90. The first kappa shape index (κ1) is 13.7. The highest BCUT2D eigenvalue weighted by atomic mass is 19.1. The van der Waals surface area contributed by atoms with E-state index in [-0.39, 0.29) is 6.04 Å². The average molecular weight is 265 g/mol. The van der Waals surface area contributed by atoms with Gasteiger partial charge in [0.25, 0.3) is 0 Å². The van der Waals surface area contributed by atoms with Gasteiger partial charge in [0.05, 0.1) is 12.5 Å². The van der Waals surface area contributed by atoms with Gasteiger partial charge in [0, 0.05) is 17.7 Å². The Hall–Kier alpha value is -1.68. The molecule has 19 heavy (non-hydrogen) atoms. The Bertz CT molecular complexity index is 511. The van der Waals surface area contributed by atoms with Crippen molar-refractivity contribution in [3.63, 3.8) is 0 Å². The van der Waals surface area contributed by atoms with Gasteiger partial charge in [0.1, 0.15) is 11.6 Å². The first-order valence-corrected chi connectivity index (χ1v) is 6.40. The molecule has 1 aromatic carbocycles. The summed E-state index contributed by atoms with van der Waals surface area (Å²) in [5, 5.41) is 3.34. The standard InChI is InChI=1S/C15H17F2NO/c1-2-6-18-15(12-5-7-19-10-12)8-11-3-4-13(16)9-14(11)17/h3-5,7,9-10,15,18H,2,6,8H2,1H3. The molecule has 1 unspecified atom stereocenters. The van der Waals surface area contributed by atoms with Gasteiger partial charge in [-0.1, -0.05) is 13.0 Å². The Balaban J connectivity index is 2.15. The van der Waals surface area contributed by atoms with Gasteiger partial charge in [-0.3, -0.25) is 0 Å². The van der Waals surface area contributed by atoms with Crippen molar-refractivity contribution in [1.82, 2.24) is 5.32 Å². The lowest BCUT2D eigenvalue weighted by Gasteiger charge is -2.17. The summed E-state index contributed by atoms with van der Waals surface area (Å²) in [6.07, 6.45) is 4.69. The molecule has 0 radical (unpaired) electrons. The summed E-state index contributed by atoms with van der Waals surface area (Å²) in [6, 6.07) is 5.52. The SMILES string of the molecule is CCCNC(Cc1ccc(F)cc1F)c1ccoc1. The maximum absolute atomic E-state index is 13.7. The zero-order valence-electron chi connectivity index (χ0n) is 10.8. The molecule has 0 aliphatic heterocycles. The van der Waals surface area contributed by atoms with Gasteiger partial charge < -0.3 is 9.73 Å². The third kappa shape index (κ3) is 3.64. The Morgan fingerprint density at radius 3 is 2.74 bits per heavy atom. The molecule has 2 nitrogen and oxygen atoms in total. The van der Waals surface area contributed by atoms with Crippen LogP contribution in [0.1, 0.15) is 30.5 Å². The minimum atomic E-state index is -0.553. The molecule has 2 aromatic rings. The van der Waals surface area contributed by atoms with Gasteiger partial charge >= 0.3 is 0 Å². The van der Waals surface area contributed by atoms with E-state index in [0.717, 1.165) is 24.6 Å². The highest BCUT2D eigenvalue weighted by Gasteiger charge is 2.15. The predicted octanol–water partition coefficient (Wildman–Crippen LogP) is 3.84. The van der Waals surface area contributed by atoms with Crippen LogP contribution in [0.25, 0.3) is 0 Å². The number of hydrogen-bond acceptors (Lipinski definition) is 2. The first-order chi connectivity index (χ1) is 9.20.